The topological polar surface area (TPSA) is 78.7 Å². The third kappa shape index (κ3) is 5.37. The summed E-state index contributed by atoms with van der Waals surface area (Å²) in [5.41, 5.74) is 2.70. The summed E-state index contributed by atoms with van der Waals surface area (Å²) >= 11 is 0. The number of carbonyl (C=O) groups is 1. The van der Waals surface area contributed by atoms with E-state index in [1.54, 1.807) is 19.1 Å². The molecule has 2 aromatic rings. The first-order valence-electron chi connectivity index (χ1n) is 13.9. The Bertz CT molecular complexity index is 1080. The van der Waals surface area contributed by atoms with Gasteiger partial charge in [-0.15, -0.1) is 0 Å². The number of rotatable bonds is 8. The zero-order valence-corrected chi connectivity index (χ0v) is 22.1. The summed E-state index contributed by atoms with van der Waals surface area (Å²) in [4.78, 5) is 27.5. The van der Waals surface area contributed by atoms with Crippen LogP contribution in [0.25, 0.3) is 0 Å². The molecule has 0 aromatic heterocycles. The Labute approximate surface area is 220 Å². The molecular weight excluding hydrogens is 464 g/mol. The molecule has 5 rings (SSSR count). The highest BCUT2D eigenvalue weighted by Gasteiger charge is 2.48. The minimum Gasteiger partial charge on any atom is -0.371 e. The van der Waals surface area contributed by atoms with Crippen LogP contribution in [0.3, 0.4) is 0 Å². The first-order chi connectivity index (χ1) is 17.8. The third-order valence-electron chi connectivity index (χ3n) is 9.41. The number of hydrogen-bond acceptors (Lipinski definition) is 5. The average molecular weight is 505 g/mol. The number of nitrogens with one attached hydrogen (secondary N) is 1. The van der Waals surface area contributed by atoms with Crippen LogP contribution >= 0.6 is 0 Å². The number of nitro groups is 1. The lowest BCUT2D eigenvalue weighted by atomic mass is 9.59. The van der Waals surface area contributed by atoms with E-state index in [0.29, 0.717) is 17.8 Å². The number of non-ortho nitro benzene ring substituents is 1. The molecule has 1 aliphatic carbocycles. The number of hydrogen-bond donors (Lipinski definition) is 1. The number of anilines is 1. The van der Waals surface area contributed by atoms with Crippen molar-refractivity contribution in [2.24, 2.45) is 17.8 Å². The standard InChI is InChI=1S/C30H40N4O3/c1-22(35)31-29-10-6-9-28(29)30(2,24-7-4-3-5-8-24)25-15-17-32(18-16-25)19-23-20-33(21-23)26-11-13-27(14-12-26)34(36)37/h3-5,7-8,11-14,23,25,28-29H,6,9-10,15-21H2,1-2H3,(H,31,35)/t28-,29-,30?/m1/s1. The molecule has 1 saturated carbocycles. The molecule has 3 fully saturated rings. The summed E-state index contributed by atoms with van der Waals surface area (Å²) in [6.07, 6.45) is 5.82. The van der Waals surface area contributed by atoms with Gasteiger partial charge in [0, 0.05) is 61.8 Å². The molecule has 0 radical (unpaired) electrons. The Morgan fingerprint density at radius 3 is 2.32 bits per heavy atom. The van der Waals surface area contributed by atoms with Crippen molar-refractivity contribution >= 4 is 17.3 Å². The molecule has 37 heavy (non-hydrogen) atoms. The van der Waals surface area contributed by atoms with Gasteiger partial charge in [-0.2, -0.15) is 0 Å². The highest BCUT2D eigenvalue weighted by Crippen LogP contribution is 2.50. The summed E-state index contributed by atoms with van der Waals surface area (Å²) in [6.45, 7) is 9.52. The van der Waals surface area contributed by atoms with Crippen molar-refractivity contribution in [1.29, 1.82) is 0 Å². The molecule has 3 atom stereocenters. The number of piperidine rings is 1. The van der Waals surface area contributed by atoms with E-state index >= 15 is 0 Å². The van der Waals surface area contributed by atoms with Gasteiger partial charge in [0.25, 0.3) is 5.69 Å². The molecule has 1 unspecified atom stereocenters. The van der Waals surface area contributed by atoms with E-state index in [0.717, 1.165) is 44.8 Å². The van der Waals surface area contributed by atoms with Crippen LogP contribution < -0.4 is 10.2 Å². The highest BCUT2D eigenvalue weighted by atomic mass is 16.6. The normalized spacial score (nSPS) is 24.9. The van der Waals surface area contributed by atoms with Crippen LogP contribution in [0.2, 0.25) is 0 Å². The molecule has 2 saturated heterocycles. The quantitative estimate of drug-likeness (QED) is 0.404. The maximum Gasteiger partial charge on any atom is 0.269 e. The van der Waals surface area contributed by atoms with Crippen molar-refractivity contribution < 1.29 is 9.72 Å². The SMILES string of the molecule is CC(=O)N[C@@H]1CCC[C@H]1C(C)(c1ccccc1)C1CCN(CC2CN(c3ccc([N+](=O)[O-])cc3)C2)CC1. The summed E-state index contributed by atoms with van der Waals surface area (Å²) in [7, 11) is 0. The lowest BCUT2D eigenvalue weighted by molar-refractivity contribution is -0.384. The van der Waals surface area contributed by atoms with Gasteiger partial charge in [0.15, 0.2) is 0 Å². The smallest absolute Gasteiger partial charge is 0.269 e. The van der Waals surface area contributed by atoms with Crippen LogP contribution in [0.1, 0.15) is 51.5 Å². The molecular formula is C30H40N4O3. The fourth-order valence-corrected chi connectivity index (χ4v) is 7.42. The largest absolute Gasteiger partial charge is 0.371 e. The van der Waals surface area contributed by atoms with E-state index in [2.05, 4.69) is 52.4 Å². The molecule has 2 aromatic carbocycles. The summed E-state index contributed by atoms with van der Waals surface area (Å²) < 4.78 is 0. The number of benzene rings is 2. The molecule has 7 nitrogen and oxygen atoms in total. The zero-order valence-electron chi connectivity index (χ0n) is 22.1. The predicted molar refractivity (Wildman–Crippen MR) is 147 cm³/mol. The van der Waals surface area contributed by atoms with Gasteiger partial charge in [0.2, 0.25) is 5.91 Å². The summed E-state index contributed by atoms with van der Waals surface area (Å²) in [5, 5.41) is 14.2. The number of likely N-dealkylation sites (tertiary alicyclic amines) is 1. The summed E-state index contributed by atoms with van der Waals surface area (Å²) in [6, 6.07) is 18.2. The van der Waals surface area contributed by atoms with E-state index in [1.165, 1.54) is 31.2 Å². The fraction of sp³-hybridized carbons (Fsp3) is 0.567. The van der Waals surface area contributed by atoms with Gasteiger partial charge in [-0.25, -0.2) is 0 Å². The second-order valence-electron chi connectivity index (χ2n) is 11.6. The van der Waals surface area contributed by atoms with Crippen LogP contribution in [0.5, 0.6) is 0 Å². The van der Waals surface area contributed by atoms with Gasteiger partial charge in [0.1, 0.15) is 0 Å². The first-order valence-corrected chi connectivity index (χ1v) is 13.9. The molecule has 198 valence electrons. The summed E-state index contributed by atoms with van der Waals surface area (Å²) in [5.74, 6) is 1.80. The Balaban J connectivity index is 1.19. The molecule has 1 N–H and O–H groups in total. The highest BCUT2D eigenvalue weighted by molar-refractivity contribution is 5.73. The van der Waals surface area contributed by atoms with Crippen molar-refractivity contribution in [1.82, 2.24) is 10.2 Å². The number of carbonyl (C=O) groups excluding carboxylic acids is 1. The number of nitro benzene ring substituents is 1. The molecule has 0 spiro atoms. The number of nitrogens with zero attached hydrogens (tertiary/aromatic N) is 3. The van der Waals surface area contributed by atoms with E-state index in [1.807, 2.05) is 12.1 Å². The molecule has 0 bridgehead atoms. The van der Waals surface area contributed by atoms with E-state index < -0.39 is 0 Å². The Kier molecular flexibility index (Phi) is 7.52. The molecule has 7 heteroatoms. The molecule has 1 amide bonds. The molecule has 3 aliphatic rings. The van der Waals surface area contributed by atoms with Crippen LogP contribution in [0, 0.1) is 27.9 Å². The van der Waals surface area contributed by atoms with Crippen LogP contribution in [-0.2, 0) is 10.2 Å². The van der Waals surface area contributed by atoms with Crippen LogP contribution in [0.15, 0.2) is 54.6 Å². The van der Waals surface area contributed by atoms with E-state index in [4.69, 9.17) is 0 Å². The third-order valence-corrected chi connectivity index (χ3v) is 9.41. The second-order valence-corrected chi connectivity index (χ2v) is 11.6. The van der Waals surface area contributed by atoms with Crippen molar-refractivity contribution in [3.05, 3.63) is 70.3 Å². The number of amides is 1. The van der Waals surface area contributed by atoms with Gasteiger partial charge in [-0.05, 0) is 68.3 Å². The van der Waals surface area contributed by atoms with E-state index in [9.17, 15) is 14.9 Å². The van der Waals surface area contributed by atoms with Gasteiger partial charge in [-0.3, -0.25) is 14.9 Å². The minimum absolute atomic E-state index is 0.0557. The Morgan fingerprint density at radius 2 is 1.70 bits per heavy atom. The second kappa shape index (κ2) is 10.8. The monoisotopic (exact) mass is 504 g/mol. The van der Waals surface area contributed by atoms with Gasteiger partial charge in [0.05, 0.1) is 4.92 Å². The fourth-order valence-electron chi connectivity index (χ4n) is 7.42. The van der Waals surface area contributed by atoms with Crippen molar-refractivity contribution in [2.45, 2.75) is 57.4 Å². The van der Waals surface area contributed by atoms with Crippen LogP contribution in [0.4, 0.5) is 11.4 Å². The van der Waals surface area contributed by atoms with Gasteiger partial charge in [-0.1, -0.05) is 43.7 Å². The molecule has 2 heterocycles. The lowest BCUT2D eigenvalue weighted by Gasteiger charge is -2.49. The maximum absolute atomic E-state index is 12.0. The average Bonchev–Trinajstić information content (AvgIpc) is 3.34. The van der Waals surface area contributed by atoms with Gasteiger partial charge >= 0.3 is 0 Å². The van der Waals surface area contributed by atoms with Crippen molar-refractivity contribution in [3.63, 3.8) is 0 Å². The Morgan fingerprint density at radius 1 is 1.03 bits per heavy atom. The lowest BCUT2D eigenvalue weighted by Crippen LogP contribution is -2.54. The maximum atomic E-state index is 12.0. The van der Waals surface area contributed by atoms with Crippen LogP contribution in [-0.4, -0.2) is 54.5 Å². The van der Waals surface area contributed by atoms with Crippen molar-refractivity contribution in [3.8, 4) is 0 Å². The Hall–Kier alpha value is -2.93. The minimum atomic E-state index is -0.345. The van der Waals surface area contributed by atoms with Crippen molar-refractivity contribution in [2.75, 3.05) is 37.6 Å². The predicted octanol–water partition coefficient (Wildman–Crippen LogP) is 5.01. The molecule has 2 aliphatic heterocycles. The van der Waals surface area contributed by atoms with Gasteiger partial charge < -0.3 is 15.1 Å². The zero-order chi connectivity index (χ0) is 26.0. The first kappa shape index (κ1) is 25.7. The van der Waals surface area contributed by atoms with E-state index in [-0.39, 0.29) is 28.0 Å².